The van der Waals surface area contributed by atoms with Gasteiger partial charge in [0.25, 0.3) is 0 Å². The van der Waals surface area contributed by atoms with Crippen molar-refractivity contribution in [2.24, 2.45) is 5.92 Å². The van der Waals surface area contributed by atoms with E-state index in [1.807, 2.05) is 24.1 Å². The Balaban J connectivity index is 1.67. The maximum atomic E-state index is 11.9. The Morgan fingerprint density at radius 2 is 2.33 bits per heavy atom. The number of carbonyl (C=O) groups excluding carboxylic acids is 1. The highest BCUT2D eigenvalue weighted by atomic mass is 35.5. The van der Waals surface area contributed by atoms with Crippen molar-refractivity contribution >= 4 is 17.5 Å². The van der Waals surface area contributed by atoms with Gasteiger partial charge in [0.15, 0.2) is 0 Å². The van der Waals surface area contributed by atoms with Gasteiger partial charge in [-0.05, 0) is 25.1 Å². The summed E-state index contributed by atoms with van der Waals surface area (Å²) in [5, 5.41) is 0.656. The van der Waals surface area contributed by atoms with Gasteiger partial charge in [-0.2, -0.15) is 0 Å². The zero-order chi connectivity index (χ0) is 14.8. The molecule has 0 saturated carbocycles. The normalized spacial score (nSPS) is 27.3. The SMILES string of the molecule is CN1C(=O)COC[C@@H]2CCN(Cc3ccc(Cl)cn3)C[C@@H]21. The predicted octanol–water partition coefficient (Wildman–Crippen LogP) is 1.41. The van der Waals surface area contributed by atoms with Crippen molar-refractivity contribution in [3.63, 3.8) is 0 Å². The molecule has 3 heterocycles. The van der Waals surface area contributed by atoms with Crippen molar-refractivity contribution < 1.29 is 9.53 Å². The van der Waals surface area contributed by atoms with Gasteiger partial charge in [0, 0.05) is 38.3 Å². The van der Waals surface area contributed by atoms with E-state index in [2.05, 4.69) is 9.88 Å². The maximum Gasteiger partial charge on any atom is 0.248 e. The minimum absolute atomic E-state index is 0.0777. The lowest BCUT2D eigenvalue weighted by Crippen LogP contribution is -2.52. The lowest BCUT2D eigenvalue weighted by molar-refractivity contribution is -0.134. The summed E-state index contributed by atoms with van der Waals surface area (Å²) in [4.78, 5) is 20.5. The Labute approximate surface area is 129 Å². The molecule has 2 aliphatic rings. The number of nitrogens with zero attached hydrogens (tertiary/aromatic N) is 3. The van der Waals surface area contributed by atoms with E-state index >= 15 is 0 Å². The first-order chi connectivity index (χ1) is 10.1. The maximum absolute atomic E-state index is 11.9. The molecule has 2 atom stereocenters. The summed E-state index contributed by atoms with van der Waals surface area (Å²) in [6.45, 7) is 3.58. The first-order valence-electron chi connectivity index (χ1n) is 7.29. The van der Waals surface area contributed by atoms with Gasteiger partial charge in [0.05, 0.1) is 17.3 Å². The third-order valence-corrected chi connectivity index (χ3v) is 4.65. The van der Waals surface area contributed by atoms with E-state index in [0.717, 1.165) is 31.7 Å². The highest BCUT2D eigenvalue weighted by molar-refractivity contribution is 6.30. The third kappa shape index (κ3) is 3.36. The third-order valence-electron chi connectivity index (χ3n) is 4.43. The number of amides is 1. The molecule has 0 N–H and O–H groups in total. The van der Waals surface area contributed by atoms with Crippen LogP contribution in [-0.4, -0.2) is 60.1 Å². The van der Waals surface area contributed by atoms with Crippen LogP contribution in [0.25, 0.3) is 0 Å². The minimum Gasteiger partial charge on any atom is -0.371 e. The molecule has 1 aromatic heterocycles. The molecule has 0 unspecified atom stereocenters. The van der Waals surface area contributed by atoms with E-state index < -0.39 is 0 Å². The fraction of sp³-hybridized carbons (Fsp3) is 0.600. The molecule has 3 rings (SSSR count). The first-order valence-corrected chi connectivity index (χ1v) is 7.67. The van der Waals surface area contributed by atoms with Gasteiger partial charge in [0.2, 0.25) is 5.91 Å². The number of rotatable bonds is 2. The summed E-state index contributed by atoms with van der Waals surface area (Å²) in [7, 11) is 1.89. The summed E-state index contributed by atoms with van der Waals surface area (Å²) in [6.07, 6.45) is 2.73. The molecular weight excluding hydrogens is 290 g/mol. The van der Waals surface area contributed by atoms with Crippen molar-refractivity contribution in [2.45, 2.75) is 19.0 Å². The number of ether oxygens (including phenoxy) is 1. The summed E-state index contributed by atoms with van der Waals surface area (Å²) in [6, 6.07) is 4.06. The molecule has 21 heavy (non-hydrogen) atoms. The minimum atomic E-state index is 0.0777. The van der Waals surface area contributed by atoms with Crippen LogP contribution in [-0.2, 0) is 16.1 Å². The van der Waals surface area contributed by atoms with Crippen LogP contribution >= 0.6 is 11.6 Å². The fourth-order valence-corrected chi connectivity index (χ4v) is 3.25. The van der Waals surface area contributed by atoms with E-state index in [0.29, 0.717) is 17.5 Å². The van der Waals surface area contributed by atoms with Crippen molar-refractivity contribution in [3.05, 3.63) is 29.0 Å². The number of carbonyl (C=O) groups is 1. The molecule has 0 bridgehead atoms. The topological polar surface area (TPSA) is 45.7 Å². The molecule has 6 heteroatoms. The van der Waals surface area contributed by atoms with Gasteiger partial charge in [-0.15, -0.1) is 0 Å². The Bertz CT molecular complexity index is 508. The molecular formula is C15H20ClN3O2. The monoisotopic (exact) mass is 309 g/mol. The molecule has 0 aromatic carbocycles. The lowest BCUT2D eigenvalue weighted by Gasteiger charge is -2.40. The van der Waals surface area contributed by atoms with Gasteiger partial charge in [-0.25, -0.2) is 0 Å². The number of fused-ring (bicyclic) bond motifs is 1. The lowest BCUT2D eigenvalue weighted by atomic mass is 9.91. The van der Waals surface area contributed by atoms with Crippen LogP contribution in [0.4, 0.5) is 0 Å². The fourth-order valence-electron chi connectivity index (χ4n) is 3.14. The van der Waals surface area contributed by atoms with Crippen LogP contribution in [0, 0.1) is 5.92 Å². The van der Waals surface area contributed by atoms with E-state index in [1.54, 1.807) is 6.20 Å². The van der Waals surface area contributed by atoms with Crippen LogP contribution in [0.5, 0.6) is 0 Å². The summed E-state index contributed by atoms with van der Waals surface area (Å²) in [5.41, 5.74) is 1.01. The molecule has 114 valence electrons. The van der Waals surface area contributed by atoms with Gasteiger partial charge in [-0.3, -0.25) is 14.7 Å². The van der Waals surface area contributed by atoms with E-state index in [-0.39, 0.29) is 18.6 Å². The number of hydrogen-bond acceptors (Lipinski definition) is 4. The van der Waals surface area contributed by atoms with Crippen molar-refractivity contribution in [1.82, 2.24) is 14.8 Å². The van der Waals surface area contributed by atoms with Gasteiger partial charge in [-0.1, -0.05) is 11.6 Å². The molecule has 2 fully saturated rings. The second-order valence-electron chi connectivity index (χ2n) is 5.84. The Kier molecular flexibility index (Phi) is 4.42. The predicted molar refractivity (Wildman–Crippen MR) is 80.0 cm³/mol. The number of likely N-dealkylation sites (tertiary alicyclic amines) is 1. The summed E-state index contributed by atoms with van der Waals surface area (Å²) < 4.78 is 5.48. The number of hydrogen-bond donors (Lipinski definition) is 0. The standard InChI is InChI=1S/C15H20ClN3O2/c1-18-14-8-19(7-13-3-2-12(16)6-17-13)5-4-11(14)9-21-10-15(18)20/h2-3,6,11,14H,4-5,7-10H2,1H3/t11-,14-/m0/s1. The second kappa shape index (κ2) is 6.30. The van der Waals surface area contributed by atoms with E-state index in [9.17, 15) is 4.79 Å². The molecule has 1 amide bonds. The van der Waals surface area contributed by atoms with Crippen molar-refractivity contribution in [3.8, 4) is 0 Å². The van der Waals surface area contributed by atoms with Crippen molar-refractivity contribution in [1.29, 1.82) is 0 Å². The number of aromatic nitrogens is 1. The van der Waals surface area contributed by atoms with Gasteiger partial charge >= 0.3 is 0 Å². The smallest absolute Gasteiger partial charge is 0.248 e. The average Bonchev–Trinajstić information content (AvgIpc) is 2.62. The highest BCUT2D eigenvalue weighted by Gasteiger charge is 2.36. The Morgan fingerprint density at radius 1 is 1.48 bits per heavy atom. The van der Waals surface area contributed by atoms with Crippen LogP contribution in [0.1, 0.15) is 12.1 Å². The quantitative estimate of drug-likeness (QED) is 0.829. The number of halogens is 1. The molecule has 0 aliphatic carbocycles. The zero-order valence-corrected chi connectivity index (χ0v) is 12.9. The summed E-state index contributed by atoms with van der Waals surface area (Å²) >= 11 is 5.86. The van der Waals surface area contributed by atoms with Crippen LogP contribution in [0.15, 0.2) is 18.3 Å². The van der Waals surface area contributed by atoms with Crippen LogP contribution < -0.4 is 0 Å². The average molecular weight is 310 g/mol. The number of pyridine rings is 1. The number of piperidine rings is 1. The van der Waals surface area contributed by atoms with Gasteiger partial charge < -0.3 is 9.64 Å². The molecule has 2 saturated heterocycles. The van der Waals surface area contributed by atoms with Crippen molar-refractivity contribution in [2.75, 3.05) is 33.4 Å². The Hall–Kier alpha value is -1.17. The second-order valence-corrected chi connectivity index (χ2v) is 6.28. The molecule has 0 radical (unpaired) electrons. The molecule has 5 nitrogen and oxygen atoms in total. The highest BCUT2D eigenvalue weighted by Crippen LogP contribution is 2.25. The summed E-state index contributed by atoms with van der Waals surface area (Å²) in [5.74, 6) is 0.518. The molecule has 0 spiro atoms. The van der Waals surface area contributed by atoms with Gasteiger partial charge in [0.1, 0.15) is 6.61 Å². The molecule has 2 aliphatic heterocycles. The van der Waals surface area contributed by atoms with E-state index in [1.165, 1.54) is 0 Å². The molecule has 1 aromatic rings. The first kappa shape index (κ1) is 14.8. The Morgan fingerprint density at radius 3 is 3.10 bits per heavy atom. The zero-order valence-electron chi connectivity index (χ0n) is 12.2. The van der Waals surface area contributed by atoms with E-state index in [4.69, 9.17) is 16.3 Å². The van der Waals surface area contributed by atoms with Crippen LogP contribution in [0.3, 0.4) is 0 Å². The number of likely N-dealkylation sites (N-methyl/N-ethyl adjacent to an activating group) is 1. The largest absolute Gasteiger partial charge is 0.371 e. The van der Waals surface area contributed by atoms with Crippen LogP contribution in [0.2, 0.25) is 5.02 Å².